The van der Waals surface area contributed by atoms with Crippen LogP contribution in [0.15, 0.2) is 18.2 Å². The number of aromatic nitrogens is 2. The molecule has 2 N–H and O–H groups in total. The van der Waals surface area contributed by atoms with Crippen LogP contribution in [0, 0.1) is 5.82 Å². The number of halogens is 1. The molecule has 0 atom stereocenters. The Labute approximate surface area is 104 Å². The van der Waals surface area contributed by atoms with Gasteiger partial charge in [0, 0.05) is 17.3 Å². The van der Waals surface area contributed by atoms with Gasteiger partial charge >= 0.3 is 0 Å². The van der Waals surface area contributed by atoms with Crippen molar-refractivity contribution < 1.29 is 9.13 Å². The van der Waals surface area contributed by atoms with Gasteiger partial charge in [0.1, 0.15) is 5.82 Å². The van der Waals surface area contributed by atoms with Gasteiger partial charge in [-0.25, -0.2) is 9.07 Å². The van der Waals surface area contributed by atoms with Gasteiger partial charge in [0.05, 0.1) is 12.8 Å². The van der Waals surface area contributed by atoms with E-state index >= 15 is 0 Å². The Morgan fingerprint density at radius 3 is 3.00 bits per heavy atom. The first-order valence-electron chi connectivity index (χ1n) is 5.91. The maximum Gasteiger partial charge on any atom is 0.165 e. The fraction of sp³-hybridized carbons (Fsp3) is 0.308. The third kappa shape index (κ3) is 1.54. The van der Waals surface area contributed by atoms with Gasteiger partial charge in [-0.2, -0.15) is 5.10 Å². The lowest BCUT2D eigenvalue weighted by molar-refractivity contribution is 0.386. The average molecular weight is 247 g/mol. The predicted octanol–water partition coefficient (Wildman–Crippen LogP) is 2.09. The Hall–Kier alpha value is -2.04. The van der Waals surface area contributed by atoms with Gasteiger partial charge in [0.15, 0.2) is 11.6 Å². The highest BCUT2D eigenvalue weighted by atomic mass is 19.1. The van der Waals surface area contributed by atoms with Crippen molar-refractivity contribution in [3.63, 3.8) is 0 Å². The highest BCUT2D eigenvalue weighted by Crippen LogP contribution is 2.30. The van der Waals surface area contributed by atoms with Gasteiger partial charge in [-0.05, 0) is 31.4 Å². The number of benzene rings is 1. The van der Waals surface area contributed by atoms with Crippen molar-refractivity contribution in [2.24, 2.45) is 0 Å². The van der Waals surface area contributed by atoms with Gasteiger partial charge in [0.2, 0.25) is 0 Å². The van der Waals surface area contributed by atoms with Crippen molar-refractivity contribution in [1.29, 1.82) is 0 Å². The van der Waals surface area contributed by atoms with E-state index in [1.807, 2.05) is 0 Å². The van der Waals surface area contributed by atoms with Crippen LogP contribution in [-0.2, 0) is 12.8 Å². The lowest BCUT2D eigenvalue weighted by Gasteiger charge is -2.08. The largest absolute Gasteiger partial charge is 0.494 e. The number of nitrogen functional groups attached to an aromatic ring is 1. The Bertz CT molecular complexity index is 607. The van der Waals surface area contributed by atoms with Crippen LogP contribution >= 0.6 is 0 Å². The van der Waals surface area contributed by atoms with Gasteiger partial charge in [-0.3, -0.25) is 0 Å². The molecule has 0 unspecified atom stereocenters. The van der Waals surface area contributed by atoms with E-state index in [9.17, 15) is 4.39 Å². The van der Waals surface area contributed by atoms with Crippen LogP contribution < -0.4 is 10.5 Å². The topological polar surface area (TPSA) is 53.1 Å². The Balaban J connectivity index is 2.13. The normalized spacial score (nSPS) is 13.7. The van der Waals surface area contributed by atoms with Crippen molar-refractivity contribution in [2.45, 2.75) is 19.3 Å². The quantitative estimate of drug-likeness (QED) is 0.884. The summed E-state index contributed by atoms with van der Waals surface area (Å²) in [5.41, 5.74) is 8.92. The Kier molecular flexibility index (Phi) is 2.47. The van der Waals surface area contributed by atoms with Crippen LogP contribution in [0.3, 0.4) is 0 Å². The fourth-order valence-electron chi connectivity index (χ4n) is 2.46. The minimum absolute atomic E-state index is 0.216. The van der Waals surface area contributed by atoms with Gasteiger partial charge < -0.3 is 10.5 Å². The minimum Gasteiger partial charge on any atom is -0.494 e. The number of hydrogen-bond donors (Lipinski definition) is 1. The first kappa shape index (κ1) is 11.1. The molecule has 2 aromatic rings. The third-order valence-corrected chi connectivity index (χ3v) is 3.34. The summed E-state index contributed by atoms with van der Waals surface area (Å²) < 4.78 is 20.2. The Morgan fingerprint density at radius 2 is 2.22 bits per heavy atom. The molecule has 4 nitrogen and oxygen atoms in total. The number of methoxy groups -OCH3 is 1. The summed E-state index contributed by atoms with van der Waals surface area (Å²) in [6.07, 6.45) is 3.02. The van der Waals surface area contributed by atoms with E-state index in [0.717, 1.165) is 36.2 Å². The van der Waals surface area contributed by atoms with Gasteiger partial charge in [-0.15, -0.1) is 0 Å². The molecule has 94 valence electrons. The van der Waals surface area contributed by atoms with Crippen LogP contribution in [0.5, 0.6) is 5.75 Å². The summed E-state index contributed by atoms with van der Waals surface area (Å²) in [5, 5.41) is 4.32. The fourth-order valence-corrected chi connectivity index (χ4v) is 2.46. The lowest BCUT2D eigenvalue weighted by Crippen LogP contribution is -2.02. The molecule has 0 aliphatic heterocycles. The number of anilines is 1. The van der Waals surface area contributed by atoms with Crippen molar-refractivity contribution in [1.82, 2.24) is 9.78 Å². The second-order valence-corrected chi connectivity index (χ2v) is 4.39. The molecule has 0 spiro atoms. The molecule has 1 aromatic carbocycles. The standard InChI is InChI=1S/C13H14FN3O/c1-18-12-7-8(5-6-10(12)14)17-11-4-2-3-9(11)13(15)16-17/h5-7H,2-4H2,1H3,(H2,15,16). The molecule has 0 saturated heterocycles. The van der Waals surface area contributed by atoms with E-state index in [4.69, 9.17) is 10.5 Å². The zero-order valence-electron chi connectivity index (χ0n) is 10.1. The maximum atomic E-state index is 13.4. The molecule has 18 heavy (non-hydrogen) atoms. The number of nitrogens with zero attached hydrogens (tertiary/aromatic N) is 2. The van der Waals surface area contributed by atoms with Gasteiger partial charge in [0.25, 0.3) is 0 Å². The van der Waals surface area contributed by atoms with Crippen LogP contribution in [0.2, 0.25) is 0 Å². The minimum atomic E-state index is -0.377. The monoisotopic (exact) mass is 247 g/mol. The molecular weight excluding hydrogens is 233 g/mol. The van der Waals surface area contributed by atoms with E-state index < -0.39 is 0 Å². The van der Waals surface area contributed by atoms with E-state index in [-0.39, 0.29) is 11.6 Å². The van der Waals surface area contributed by atoms with E-state index in [2.05, 4.69) is 5.10 Å². The maximum absolute atomic E-state index is 13.4. The van der Waals surface area contributed by atoms with Crippen LogP contribution in [0.4, 0.5) is 10.2 Å². The molecule has 5 heteroatoms. The second-order valence-electron chi connectivity index (χ2n) is 4.39. The number of nitrogens with two attached hydrogens (primary N) is 1. The molecule has 1 aromatic heterocycles. The summed E-state index contributed by atoms with van der Waals surface area (Å²) in [6, 6.07) is 4.71. The van der Waals surface area contributed by atoms with E-state index in [0.29, 0.717) is 5.82 Å². The second kappa shape index (κ2) is 4.01. The first-order valence-corrected chi connectivity index (χ1v) is 5.91. The summed E-state index contributed by atoms with van der Waals surface area (Å²) in [6.45, 7) is 0. The Morgan fingerprint density at radius 1 is 1.39 bits per heavy atom. The number of ether oxygens (including phenoxy) is 1. The zero-order valence-corrected chi connectivity index (χ0v) is 10.1. The molecule has 1 aliphatic carbocycles. The molecule has 1 aliphatic rings. The zero-order chi connectivity index (χ0) is 12.7. The average Bonchev–Trinajstić information content (AvgIpc) is 2.95. The summed E-state index contributed by atoms with van der Waals surface area (Å²) >= 11 is 0. The number of rotatable bonds is 2. The van der Waals surface area contributed by atoms with Crippen molar-refractivity contribution in [3.05, 3.63) is 35.3 Å². The number of hydrogen-bond acceptors (Lipinski definition) is 3. The summed E-state index contributed by atoms with van der Waals surface area (Å²) in [4.78, 5) is 0. The SMILES string of the molecule is COc1cc(-n2nc(N)c3c2CCC3)ccc1F. The first-order chi connectivity index (χ1) is 8.70. The molecule has 0 amide bonds. The highest BCUT2D eigenvalue weighted by Gasteiger charge is 2.22. The van der Waals surface area contributed by atoms with E-state index in [1.165, 1.54) is 13.2 Å². The predicted molar refractivity (Wildman–Crippen MR) is 66.5 cm³/mol. The summed E-state index contributed by atoms with van der Waals surface area (Å²) in [5.74, 6) is 0.414. The molecule has 3 rings (SSSR count). The van der Waals surface area contributed by atoms with Crippen molar-refractivity contribution >= 4 is 5.82 Å². The molecule has 0 bridgehead atoms. The lowest BCUT2D eigenvalue weighted by atomic mass is 10.2. The highest BCUT2D eigenvalue weighted by molar-refractivity contribution is 5.50. The van der Waals surface area contributed by atoms with E-state index in [1.54, 1.807) is 16.8 Å². The van der Waals surface area contributed by atoms with Gasteiger partial charge in [-0.1, -0.05) is 0 Å². The molecular formula is C13H14FN3O. The molecule has 0 saturated carbocycles. The van der Waals surface area contributed by atoms with Crippen LogP contribution in [-0.4, -0.2) is 16.9 Å². The summed E-state index contributed by atoms with van der Waals surface area (Å²) in [7, 11) is 1.45. The molecule has 1 heterocycles. The van der Waals surface area contributed by atoms with Crippen LogP contribution in [0.25, 0.3) is 5.69 Å². The number of fused-ring (bicyclic) bond motifs is 1. The molecule has 0 radical (unpaired) electrons. The van der Waals surface area contributed by atoms with Crippen LogP contribution in [0.1, 0.15) is 17.7 Å². The van der Waals surface area contributed by atoms with Crippen molar-refractivity contribution in [3.8, 4) is 11.4 Å². The third-order valence-electron chi connectivity index (χ3n) is 3.34. The van der Waals surface area contributed by atoms with Crippen molar-refractivity contribution in [2.75, 3.05) is 12.8 Å². The smallest absolute Gasteiger partial charge is 0.165 e. The molecule has 0 fully saturated rings.